The summed E-state index contributed by atoms with van der Waals surface area (Å²) in [6, 6.07) is 23.7. The van der Waals surface area contributed by atoms with Crippen LogP contribution in [0.4, 0.5) is 5.69 Å². The van der Waals surface area contributed by atoms with Gasteiger partial charge < -0.3 is 4.74 Å². The van der Waals surface area contributed by atoms with Gasteiger partial charge in [-0.1, -0.05) is 47.5 Å². The van der Waals surface area contributed by atoms with E-state index in [0.717, 1.165) is 27.6 Å². The van der Waals surface area contributed by atoms with Crippen molar-refractivity contribution < 1.29 is 4.74 Å². The first-order valence-corrected chi connectivity index (χ1v) is 8.15. The maximum atomic E-state index is 6.13. The Morgan fingerprint density at radius 1 is 0.917 bits per heavy atom. The summed E-state index contributed by atoms with van der Waals surface area (Å²) < 4.78 is 5.77. The number of nitrogens with zero attached hydrogens (tertiary/aromatic N) is 1. The molecule has 0 N–H and O–H groups in total. The summed E-state index contributed by atoms with van der Waals surface area (Å²) in [4.78, 5) is 4.47. The summed E-state index contributed by atoms with van der Waals surface area (Å²) in [5, 5.41) is 0.722. The Bertz CT molecular complexity index is 823. The lowest BCUT2D eigenvalue weighted by Gasteiger charge is -2.07. The van der Waals surface area contributed by atoms with Crippen LogP contribution in [0.3, 0.4) is 0 Å². The van der Waals surface area contributed by atoms with Crippen LogP contribution >= 0.6 is 11.6 Å². The van der Waals surface area contributed by atoms with Crippen LogP contribution in [-0.4, -0.2) is 6.21 Å². The molecule has 0 fully saturated rings. The molecule has 0 heterocycles. The van der Waals surface area contributed by atoms with Crippen molar-refractivity contribution in [2.24, 2.45) is 4.99 Å². The maximum Gasteiger partial charge on any atom is 0.119 e. The van der Waals surface area contributed by atoms with E-state index in [9.17, 15) is 0 Å². The summed E-state index contributed by atoms with van der Waals surface area (Å²) >= 11 is 6.13. The molecule has 3 aromatic rings. The quantitative estimate of drug-likeness (QED) is 0.526. The SMILES string of the molecule is Cc1ccc(N=Cc2ccc(OCc3ccccc3Cl)cc2)cc1. The molecular formula is C21H18ClNO. The van der Waals surface area contributed by atoms with E-state index in [2.05, 4.69) is 24.0 Å². The van der Waals surface area contributed by atoms with E-state index in [4.69, 9.17) is 16.3 Å². The highest BCUT2D eigenvalue weighted by Crippen LogP contribution is 2.19. The van der Waals surface area contributed by atoms with Gasteiger partial charge in [-0.3, -0.25) is 4.99 Å². The fourth-order valence-corrected chi connectivity index (χ4v) is 2.40. The first-order valence-electron chi connectivity index (χ1n) is 7.78. The Hall–Kier alpha value is -2.58. The van der Waals surface area contributed by atoms with Crippen LogP contribution in [0.15, 0.2) is 77.8 Å². The molecule has 0 aliphatic rings. The Labute approximate surface area is 147 Å². The average Bonchev–Trinajstić information content (AvgIpc) is 2.61. The monoisotopic (exact) mass is 335 g/mol. The molecule has 3 rings (SSSR count). The van der Waals surface area contributed by atoms with Crippen LogP contribution in [0.25, 0.3) is 0 Å². The van der Waals surface area contributed by atoms with Crippen LogP contribution < -0.4 is 4.74 Å². The Balaban J connectivity index is 1.61. The third-order valence-electron chi connectivity index (χ3n) is 3.63. The minimum Gasteiger partial charge on any atom is -0.489 e. The summed E-state index contributed by atoms with van der Waals surface area (Å²) in [6.07, 6.45) is 1.85. The molecule has 0 radical (unpaired) electrons. The normalized spacial score (nSPS) is 10.9. The minimum atomic E-state index is 0.455. The molecule has 0 bridgehead atoms. The standard InChI is InChI=1S/C21H18ClNO/c1-16-6-10-19(11-7-16)23-14-17-8-12-20(13-9-17)24-15-18-4-2-3-5-21(18)22/h2-14H,15H2,1H3. The van der Waals surface area contributed by atoms with Crippen LogP contribution in [0.1, 0.15) is 16.7 Å². The van der Waals surface area contributed by atoms with Crippen molar-refractivity contribution in [3.05, 3.63) is 94.5 Å². The first kappa shape index (κ1) is 16.3. The molecule has 0 saturated carbocycles. The predicted octanol–water partition coefficient (Wildman–Crippen LogP) is 5.98. The van der Waals surface area contributed by atoms with Gasteiger partial charge in [-0.2, -0.15) is 0 Å². The minimum absolute atomic E-state index is 0.455. The number of aryl methyl sites for hydroxylation is 1. The molecule has 0 unspecified atom stereocenters. The van der Waals surface area contributed by atoms with Gasteiger partial charge in [0.15, 0.2) is 0 Å². The fraction of sp³-hybridized carbons (Fsp3) is 0.0952. The third kappa shape index (κ3) is 4.46. The number of rotatable bonds is 5. The largest absolute Gasteiger partial charge is 0.489 e. The molecule has 2 nitrogen and oxygen atoms in total. The fourth-order valence-electron chi connectivity index (χ4n) is 2.21. The average molecular weight is 336 g/mol. The molecular weight excluding hydrogens is 318 g/mol. The summed E-state index contributed by atoms with van der Waals surface area (Å²) in [5.41, 5.74) is 4.18. The second-order valence-electron chi connectivity index (χ2n) is 5.54. The van der Waals surface area contributed by atoms with Crippen molar-refractivity contribution in [1.82, 2.24) is 0 Å². The number of halogens is 1. The second kappa shape index (κ2) is 7.80. The van der Waals surface area contributed by atoms with Crippen molar-refractivity contribution in [3.63, 3.8) is 0 Å². The van der Waals surface area contributed by atoms with E-state index in [1.807, 2.05) is 66.9 Å². The molecule has 3 heteroatoms. The number of aliphatic imine (C=N–C) groups is 1. The van der Waals surface area contributed by atoms with Gasteiger partial charge in [-0.15, -0.1) is 0 Å². The van der Waals surface area contributed by atoms with Crippen molar-refractivity contribution in [2.75, 3.05) is 0 Å². The molecule has 3 aromatic carbocycles. The molecule has 120 valence electrons. The highest BCUT2D eigenvalue weighted by Gasteiger charge is 2.00. The molecule has 0 amide bonds. The van der Waals surface area contributed by atoms with Crippen molar-refractivity contribution in [1.29, 1.82) is 0 Å². The smallest absolute Gasteiger partial charge is 0.119 e. The number of hydrogen-bond acceptors (Lipinski definition) is 2. The molecule has 0 atom stereocenters. The van der Waals surface area contributed by atoms with E-state index in [0.29, 0.717) is 6.61 Å². The van der Waals surface area contributed by atoms with Crippen LogP contribution in [0.2, 0.25) is 5.02 Å². The van der Waals surface area contributed by atoms with Gasteiger partial charge in [0.1, 0.15) is 12.4 Å². The first-order chi connectivity index (χ1) is 11.7. The predicted molar refractivity (Wildman–Crippen MR) is 101 cm³/mol. The van der Waals surface area contributed by atoms with Gasteiger partial charge in [0.05, 0.1) is 5.69 Å². The number of hydrogen-bond donors (Lipinski definition) is 0. The van der Waals surface area contributed by atoms with Gasteiger partial charge in [-0.05, 0) is 55.0 Å². The van der Waals surface area contributed by atoms with Crippen LogP contribution in [0.5, 0.6) is 5.75 Å². The number of ether oxygens (including phenoxy) is 1. The van der Waals surface area contributed by atoms with Crippen molar-refractivity contribution in [3.8, 4) is 5.75 Å². The van der Waals surface area contributed by atoms with Gasteiger partial charge in [0.2, 0.25) is 0 Å². The summed E-state index contributed by atoms with van der Waals surface area (Å²) in [7, 11) is 0. The van der Waals surface area contributed by atoms with Crippen molar-refractivity contribution >= 4 is 23.5 Å². The molecule has 24 heavy (non-hydrogen) atoms. The molecule has 0 aliphatic heterocycles. The second-order valence-corrected chi connectivity index (χ2v) is 5.95. The number of benzene rings is 3. The van der Waals surface area contributed by atoms with Gasteiger partial charge in [-0.25, -0.2) is 0 Å². The van der Waals surface area contributed by atoms with E-state index >= 15 is 0 Å². The zero-order valence-electron chi connectivity index (χ0n) is 13.4. The maximum absolute atomic E-state index is 6.13. The lowest BCUT2D eigenvalue weighted by molar-refractivity contribution is 0.306. The zero-order valence-corrected chi connectivity index (χ0v) is 14.2. The molecule has 0 saturated heterocycles. The van der Waals surface area contributed by atoms with Gasteiger partial charge in [0.25, 0.3) is 0 Å². The highest BCUT2D eigenvalue weighted by molar-refractivity contribution is 6.31. The van der Waals surface area contributed by atoms with Crippen molar-refractivity contribution in [2.45, 2.75) is 13.5 Å². The molecule has 0 aliphatic carbocycles. The summed E-state index contributed by atoms with van der Waals surface area (Å²) in [6.45, 7) is 2.52. The lowest BCUT2D eigenvalue weighted by atomic mass is 10.2. The van der Waals surface area contributed by atoms with E-state index in [1.54, 1.807) is 0 Å². The molecule has 0 spiro atoms. The highest BCUT2D eigenvalue weighted by atomic mass is 35.5. The van der Waals surface area contributed by atoms with Crippen LogP contribution in [0, 0.1) is 6.92 Å². The Morgan fingerprint density at radius 3 is 2.33 bits per heavy atom. The zero-order chi connectivity index (χ0) is 16.8. The van der Waals surface area contributed by atoms with E-state index in [1.165, 1.54) is 5.56 Å². The Morgan fingerprint density at radius 2 is 1.62 bits per heavy atom. The third-order valence-corrected chi connectivity index (χ3v) is 4.00. The van der Waals surface area contributed by atoms with Gasteiger partial charge in [0, 0.05) is 16.8 Å². The summed E-state index contributed by atoms with van der Waals surface area (Å²) in [5.74, 6) is 0.808. The molecule has 0 aromatic heterocycles. The lowest BCUT2D eigenvalue weighted by Crippen LogP contribution is -1.96. The van der Waals surface area contributed by atoms with Gasteiger partial charge >= 0.3 is 0 Å². The van der Waals surface area contributed by atoms with E-state index in [-0.39, 0.29) is 0 Å². The van der Waals surface area contributed by atoms with Crippen LogP contribution in [-0.2, 0) is 6.61 Å². The Kier molecular flexibility index (Phi) is 5.29. The van der Waals surface area contributed by atoms with E-state index < -0.39 is 0 Å². The topological polar surface area (TPSA) is 21.6 Å².